The normalized spacial score (nSPS) is 20.6. The highest BCUT2D eigenvalue weighted by Gasteiger charge is 2.36. The summed E-state index contributed by atoms with van der Waals surface area (Å²) in [6.07, 6.45) is 1.85. The average Bonchev–Trinajstić information content (AvgIpc) is 3.42. The first-order valence-corrected chi connectivity index (χ1v) is 12.4. The number of nitrogens with zero attached hydrogens (tertiary/aromatic N) is 4. The summed E-state index contributed by atoms with van der Waals surface area (Å²) in [7, 11) is 0. The minimum Gasteiger partial charge on any atom is -0.485 e. The monoisotopic (exact) mass is 476 g/mol. The number of aryl methyl sites for hydroxylation is 1. The van der Waals surface area contributed by atoms with Gasteiger partial charge in [-0.1, -0.05) is 54.5 Å². The van der Waals surface area contributed by atoms with E-state index in [2.05, 4.69) is 41.3 Å². The molecule has 0 radical (unpaired) electrons. The molecule has 2 unspecified atom stereocenters. The summed E-state index contributed by atoms with van der Waals surface area (Å²) < 4.78 is 16.9. The van der Waals surface area contributed by atoms with Crippen LogP contribution in [0.15, 0.2) is 59.1 Å². The molecule has 3 heterocycles. The number of likely N-dealkylation sites (tertiary alicyclic amines) is 1. The van der Waals surface area contributed by atoms with Crippen molar-refractivity contribution in [2.24, 2.45) is 0 Å². The Morgan fingerprint density at radius 1 is 1.00 bits per heavy atom. The Morgan fingerprint density at radius 2 is 1.74 bits per heavy atom. The van der Waals surface area contributed by atoms with E-state index < -0.39 is 0 Å². The van der Waals surface area contributed by atoms with Crippen molar-refractivity contribution in [1.29, 1.82) is 0 Å². The molecule has 0 bridgehead atoms. The molecule has 0 saturated carbocycles. The zero-order valence-electron chi connectivity index (χ0n) is 20.1. The lowest BCUT2D eigenvalue weighted by Crippen LogP contribution is -2.52. The van der Waals surface area contributed by atoms with Crippen LogP contribution in [0.25, 0.3) is 0 Å². The Hall–Kier alpha value is -3.39. The average molecular weight is 477 g/mol. The molecule has 8 heteroatoms. The van der Waals surface area contributed by atoms with E-state index >= 15 is 0 Å². The van der Waals surface area contributed by atoms with Gasteiger partial charge in [-0.15, -0.1) is 0 Å². The molecule has 2 amide bonds. The highest BCUT2D eigenvalue weighted by molar-refractivity contribution is 5.75. The predicted octanol–water partition coefficient (Wildman–Crippen LogP) is 4.24. The lowest BCUT2D eigenvalue weighted by molar-refractivity contribution is 0.0392. The smallest absolute Gasteiger partial charge is 0.320 e. The van der Waals surface area contributed by atoms with E-state index in [9.17, 15) is 4.79 Å². The van der Waals surface area contributed by atoms with Crippen LogP contribution in [0.1, 0.15) is 48.0 Å². The maximum absolute atomic E-state index is 13.4. The summed E-state index contributed by atoms with van der Waals surface area (Å²) in [5.41, 5.74) is 2.54. The molecule has 2 aliphatic rings. The number of hydrogen-bond acceptors (Lipinski definition) is 6. The van der Waals surface area contributed by atoms with Crippen LogP contribution in [-0.4, -0.2) is 65.4 Å². The van der Waals surface area contributed by atoms with Gasteiger partial charge in [-0.3, -0.25) is 0 Å². The van der Waals surface area contributed by atoms with Crippen molar-refractivity contribution in [3.63, 3.8) is 0 Å². The summed E-state index contributed by atoms with van der Waals surface area (Å²) in [4.78, 5) is 21.8. The third-order valence-corrected chi connectivity index (χ3v) is 6.81. The van der Waals surface area contributed by atoms with Crippen LogP contribution in [0.4, 0.5) is 4.79 Å². The highest BCUT2D eigenvalue weighted by atomic mass is 16.5. The van der Waals surface area contributed by atoms with Gasteiger partial charge in [0.25, 0.3) is 0 Å². The Balaban J connectivity index is 1.33. The largest absolute Gasteiger partial charge is 0.485 e. The van der Waals surface area contributed by atoms with Crippen molar-refractivity contribution >= 4 is 6.03 Å². The Kier molecular flexibility index (Phi) is 7.28. The van der Waals surface area contributed by atoms with E-state index in [1.807, 2.05) is 40.1 Å². The molecule has 0 N–H and O–H groups in total. The first kappa shape index (κ1) is 23.4. The standard InChI is InChI=1S/C27H32N4O4/c1-2-20-8-10-21(11-9-20)22-16-23(18-31(17-22)27(32)30-12-14-33-15-13-30)26-28-25(29-35-26)19-34-24-6-4-3-5-7-24/h3-11,22-23H,2,12-19H2,1H3. The summed E-state index contributed by atoms with van der Waals surface area (Å²) in [5, 5.41) is 4.15. The van der Waals surface area contributed by atoms with E-state index in [0.717, 1.165) is 18.6 Å². The Labute approximate surface area is 205 Å². The maximum Gasteiger partial charge on any atom is 0.320 e. The summed E-state index contributed by atoms with van der Waals surface area (Å²) in [6, 6.07) is 18.4. The van der Waals surface area contributed by atoms with Gasteiger partial charge in [-0.2, -0.15) is 4.98 Å². The van der Waals surface area contributed by atoms with Crippen LogP contribution in [0.2, 0.25) is 0 Å². The molecule has 1 aromatic heterocycles. The molecule has 184 valence electrons. The van der Waals surface area contributed by atoms with E-state index in [0.29, 0.717) is 51.1 Å². The molecule has 5 rings (SSSR count). The number of rotatable bonds is 6. The van der Waals surface area contributed by atoms with Crippen LogP contribution in [0, 0.1) is 0 Å². The number of piperidine rings is 1. The first-order valence-electron chi connectivity index (χ1n) is 12.4. The molecule has 2 atom stereocenters. The van der Waals surface area contributed by atoms with Crippen LogP contribution in [-0.2, 0) is 17.8 Å². The molecule has 2 saturated heterocycles. The fourth-order valence-electron chi connectivity index (χ4n) is 4.81. The lowest BCUT2D eigenvalue weighted by Gasteiger charge is -2.40. The molecule has 0 spiro atoms. The third-order valence-electron chi connectivity index (χ3n) is 6.81. The number of para-hydroxylation sites is 1. The fourth-order valence-corrected chi connectivity index (χ4v) is 4.81. The topological polar surface area (TPSA) is 80.9 Å². The van der Waals surface area contributed by atoms with Crippen LogP contribution in [0.3, 0.4) is 0 Å². The quantitative estimate of drug-likeness (QED) is 0.530. The Bertz CT molecular complexity index is 1100. The van der Waals surface area contributed by atoms with Crippen molar-refractivity contribution < 1.29 is 18.8 Å². The van der Waals surface area contributed by atoms with E-state index in [1.165, 1.54) is 11.1 Å². The van der Waals surface area contributed by atoms with Gasteiger partial charge >= 0.3 is 6.03 Å². The van der Waals surface area contributed by atoms with Crippen LogP contribution >= 0.6 is 0 Å². The lowest BCUT2D eigenvalue weighted by atomic mass is 9.84. The van der Waals surface area contributed by atoms with Crippen molar-refractivity contribution in [3.8, 4) is 5.75 Å². The van der Waals surface area contributed by atoms with E-state index in [-0.39, 0.29) is 24.5 Å². The summed E-state index contributed by atoms with van der Waals surface area (Å²) in [5.74, 6) is 1.98. The SMILES string of the molecule is CCc1ccc(C2CC(c3nc(COc4ccccc4)no3)CN(C(=O)N3CCOCC3)C2)cc1. The van der Waals surface area contributed by atoms with Crippen molar-refractivity contribution in [1.82, 2.24) is 19.9 Å². The van der Waals surface area contributed by atoms with Crippen LogP contribution in [0.5, 0.6) is 5.75 Å². The number of amides is 2. The van der Waals surface area contributed by atoms with Crippen molar-refractivity contribution in [3.05, 3.63) is 77.4 Å². The number of aromatic nitrogens is 2. The zero-order valence-corrected chi connectivity index (χ0v) is 20.1. The molecule has 8 nitrogen and oxygen atoms in total. The van der Waals surface area contributed by atoms with E-state index in [1.54, 1.807) is 0 Å². The third kappa shape index (κ3) is 5.65. The molecule has 2 fully saturated rings. The number of carbonyl (C=O) groups is 1. The van der Waals surface area contributed by atoms with Gasteiger partial charge in [0.2, 0.25) is 11.7 Å². The summed E-state index contributed by atoms with van der Waals surface area (Å²) in [6.45, 7) is 6.03. The molecular formula is C27H32N4O4. The molecule has 0 aliphatic carbocycles. The second kappa shape index (κ2) is 10.9. The van der Waals surface area contributed by atoms with Gasteiger partial charge in [0.05, 0.1) is 19.1 Å². The molecule has 3 aromatic rings. The van der Waals surface area contributed by atoms with E-state index in [4.69, 9.17) is 14.0 Å². The predicted molar refractivity (Wildman–Crippen MR) is 130 cm³/mol. The van der Waals surface area contributed by atoms with Gasteiger partial charge in [-0.05, 0) is 36.1 Å². The van der Waals surface area contributed by atoms with Crippen LogP contribution < -0.4 is 4.74 Å². The number of urea groups is 1. The van der Waals surface area contributed by atoms with Gasteiger partial charge in [0.15, 0.2) is 6.61 Å². The molecule has 35 heavy (non-hydrogen) atoms. The van der Waals surface area contributed by atoms with Crippen molar-refractivity contribution in [2.75, 3.05) is 39.4 Å². The number of benzene rings is 2. The minimum absolute atomic E-state index is 0.0393. The second-order valence-electron chi connectivity index (χ2n) is 9.16. The minimum atomic E-state index is -0.0393. The number of morpholine rings is 1. The van der Waals surface area contributed by atoms with Gasteiger partial charge < -0.3 is 23.8 Å². The maximum atomic E-state index is 13.4. The van der Waals surface area contributed by atoms with Gasteiger partial charge in [-0.25, -0.2) is 4.79 Å². The summed E-state index contributed by atoms with van der Waals surface area (Å²) >= 11 is 0. The number of hydrogen-bond donors (Lipinski definition) is 0. The van der Waals surface area contributed by atoms with Gasteiger partial charge in [0.1, 0.15) is 5.75 Å². The zero-order chi connectivity index (χ0) is 24.0. The van der Waals surface area contributed by atoms with Gasteiger partial charge in [0, 0.05) is 32.1 Å². The highest BCUT2D eigenvalue weighted by Crippen LogP contribution is 2.36. The molecule has 2 aromatic carbocycles. The second-order valence-corrected chi connectivity index (χ2v) is 9.16. The number of ether oxygens (including phenoxy) is 2. The van der Waals surface area contributed by atoms with Crippen molar-refractivity contribution in [2.45, 2.75) is 38.2 Å². The fraction of sp³-hybridized carbons (Fsp3) is 0.444. The Morgan fingerprint density at radius 3 is 2.49 bits per heavy atom. The number of carbonyl (C=O) groups excluding carboxylic acids is 1. The molecule has 2 aliphatic heterocycles. The first-order chi connectivity index (χ1) is 17.2. The molecular weight excluding hydrogens is 444 g/mol.